The van der Waals surface area contributed by atoms with E-state index in [0.29, 0.717) is 15.8 Å². The Kier molecular flexibility index (Phi) is 9.58. The molecule has 3 aromatic rings. The molecule has 0 radical (unpaired) electrons. The Morgan fingerprint density at radius 1 is 1.00 bits per heavy atom. The van der Waals surface area contributed by atoms with Gasteiger partial charge in [-0.25, -0.2) is 5.01 Å². The number of ether oxygens (including phenoxy) is 2. The van der Waals surface area contributed by atoms with Gasteiger partial charge < -0.3 is 19.7 Å². The Bertz CT molecular complexity index is 1360. The van der Waals surface area contributed by atoms with E-state index in [9.17, 15) is 9.59 Å². The van der Waals surface area contributed by atoms with Gasteiger partial charge in [-0.1, -0.05) is 28.1 Å². The molecule has 3 aromatic carbocycles. The number of piperidine rings is 1. The highest BCUT2D eigenvalue weighted by Gasteiger charge is 2.27. The van der Waals surface area contributed by atoms with Gasteiger partial charge in [0.05, 0.1) is 43.3 Å². The van der Waals surface area contributed by atoms with Gasteiger partial charge >= 0.3 is 0 Å². The summed E-state index contributed by atoms with van der Waals surface area (Å²) in [6, 6.07) is 17.5. The lowest BCUT2D eigenvalue weighted by molar-refractivity contribution is -0.129. The fraction of sp³-hybridized carbons (Fsp3) is 0.355. The zero-order chi connectivity index (χ0) is 28.8. The summed E-state index contributed by atoms with van der Waals surface area (Å²) >= 11 is 3.56. The van der Waals surface area contributed by atoms with Gasteiger partial charge in [0.1, 0.15) is 11.5 Å². The molecule has 40 heavy (non-hydrogen) atoms. The largest absolute Gasteiger partial charge is 0.497 e. The predicted molar refractivity (Wildman–Crippen MR) is 163 cm³/mol. The fourth-order valence-corrected chi connectivity index (χ4v) is 5.57. The molecule has 0 unspecified atom stereocenters. The van der Waals surface area contributed by atoms with Crippen LogP contribution in [-0.4, -0.2) is 58.2 Å². The molecule has 1 aliphatic heterocycles. The average Bonchev–Trinajstić information content (AvgIpc) is 2.99. The third kappa shape index (κ3) is 6.20. The standard InChI is InChI=1S/C31H37BrN4O4/c1-21-10-9-11-27(35-16-7-6-8-17-35)30(21)36(23-12-14-24(39-4)15-13-23)34(3)29(37)19-22-18-28(40-5)25(20-26(22)32)31(38)33-2/h9-15,18,20H,6-8,16-17,19H2,1-5H3,(H,33,38). The number of hydrogen-bond acceptors (Lipinski definition) is 6. The summed E-state index contributed by atoms with van der Waals surface area (Å²) in [4.78, 5) is 28.7. The Hall–Kier alpha value is -3.72. The van der Waals surface area contributed by atoms with Crippen LogP contribution >= 0.6 is 15.9 Å². The summed E-state index contributed by atoms with van der Waals surface area (Å²) in [6.07, 6.45) is 3.62. The lowest BCUT2D eigenvalue weighted by atomic mass is 10.1. The number of hydrazine groups is 1. The first-order valence-corrected chi connectivity index (χ1v) is 14.2. The molecule has 0 aliphatic carbocycles. The number of aryl methyl sites for hydroxylation is 1. The monoisotopic (exact) mass is 608 g/mol. The molecule has 9 heteroatoms. The molecule has 1 aliphatic rings. The number of nitrogens with one attached hydrogen (secondary N) is 1. The number of halogens is 1. The number of para-hydroxylation sites is 1. The highest BCUT2D eigenvalue weighted by molar-refractivity contribution is 9.10. The molecule has 4 rings (SSSR count). The molecule has 8 nitrogen and oxygen atoms in total. The van der Waals surface area contributed by atoms with Gasteiger partial charge in [-0.3, -0.25) is 14.6 Å². The van der Waals surface area contributed by atoms with Crippen molar-refractivity contribution >= 4 is 44.8 Å². The molecule has 212 valence electrons. The fourth-order valence-electron chi connectivity index (χ4n) is 5.09. The molecule has 1 N–H and O–H groups in total. The smallest absolute Gasteiger partial charge is 0.254 e. The van der Waals surface area contributed by atoms with E-state index < -0.39 is 0 Å². The van der Waals surface area contributed by atoms with E-state index in [1.54, 1.807) is 38.3 Å². The third-order valence-electron chi connectivity index (χ3n) is 7.28. The molecular formula is C31H37BrN4O4. The second-order valence-corrected chi connectivity index (χ2v) is 10.7. The van der Waals surface area contributed by atoms with Gasteiger partial charge in [0.15, 0.2) is 0 Å². The van der Waals surface area contributed by atoms with Crippen molar-refractivity contribution in [2.24, 2.45) is 0 Å². The van der Waals surface area contributed by atoms with Crippen LogP contribution in [0.15, 0.2) is 59.1 Å². The van der Waals surface area contributed by atoms with E-state index in [0.717, 1.165) is 59.9 Å². The van der Waals surface area contributed by atoms with Crippen LogP contribution in [0, 0.1) is 6.92 Å². The summed E-state index contributed by atoms with van der Waals surface area (Å²) in [5, 5.41) is 6.29. The quantitative estimate of drug-likeness (QED) is 0.306. The molecule has 1 heterocycles. The maximum Gasteiger partial charge on any atom is 0.254 e. The number of carbonyl (C=O) groups excluding carboxylic acids is 2. The predicted octanol–water partition coefficient (Wildman–Crippen LogP) is 5.88. The van der Waals surface area contributed by atoms with Gasteiger partial charge in [-0.05, 0) is 79.8 Å². The zero-order valence-electron chi connectivity index (χ0n) is 23.8. The lowest BCUT2D eigenvalue weighted by Gasteiger charge is -2.39. The molecule has 0 spiro atoms. The molecular weight excluding hydrogens is 572 g/mol. The van der Waals surface area contributed by atoms with E-state index in [4.69, 9.17) is 9.47 Å². The van der Waals surface area contributed by atoms with Crippen molar-refractivity contribution in [2.45, 2.75) is 32.6 Å². The number of rotatable bonds is 9. The summed E-state index contributed by atoms with van der Waals surface area (Å²) in [6.45, 7) is 4.04. The van der Waals surface area contributed by atoms with E-state index in [1.807, 2.05) is 29.3 Å². The van der Waals surface area contributed by atoms with Crippen LogP contribution in [0.1, 0.15) is 40.7 Å². The van der Waals surface area contributed by atoms with Crippen molar-refractivity contribution in [3.8, 4) is 11.5 Å². The Labute approximate surface area is 245 Å². The van der Waals surface area contributed by atoms with Crippen molar-refractivity contribution in [3.63, 3.8) is 0 Å². The lowest BCUT2D eigenvalue weighted by Crippen LogP contribution is -2.43. The minimum Gasteiger partial charge on any atom is -0.497 e. The number of likely N-dealkylation sites (N-methyl/N-ethyl adjacent to an activating group) is 1. The first-order valence-electron chi connectivity index (χ1n) is 13.4. The highest BCUT2D eigenvalue weighted by atomic mass is 79.9. The van der Waals surface area contributed by atoms with Crippen molar-refractivity contribution in [1.29, 1.82) is 0 Å². The second-order valence-electron chi connectivity index (χ2n) is 9.82. The number of carbonyl (C=O) groups is 2. The molecule has 1 fully saturated rings. The molecule has 1 saturated heterocycles. The maximum absolute atomic E-state index is 14.0. The third-order valence-corrected chi connectivity index (χ3v) is 8.02. The summed E-state index contributed by atoms with van der Waals surface area (Å²) < 4.78 is 11.5. The first kappa shape index (κ1) is 29.3. The van der Waals surface area contributed by atoms with E-state index in [2.05, 4.69) is 51.3 Å². The average molecular weight is 610 g/mol. The molecule has 0 bridgehead atoms. The van der Waals surface area contributed by atoms with E-state index in [-0.39, 0.29) is 18.2 Å². The van der Waals surface area contributed by atoms with Crippen molar-refractivity contribution in [3.05, 3.63) is 75.8 Å². The molecule has 0 aromatic heterocycles. The van der Waals surface area contributed by atoms with Crippen LogP contribution in [-0.2, 0) is 11.2 Å². The number of anilines is 3. The van der Waals surface area contributed by atoms with Gasteiger partial charge in [0.25, 0.3) is 5.91 Å². The normalized spacial score (nSPS) is 13.0. The van der Waals surface area contributed by atoms with Crippen LogP contribution in [0.5, 0.6) is 11.5 Å². The number of amides is 2. The SMILES string of the molecule is CNC(=O)c1cc(Br)c(CC(=O)N(C)N(c2ccc(OC)cc2)c2c(C)cccc2N2CCCCC2)cc1OC. The summed E-state index contributed by atoms with van der Waals surface area (Å²) in [7, 11) is 6.52. The summed E-state index contributed by atoms with van der Waals surface area (Å²) in [5.41, 5.74) is 5.10. The molecule has 0 atom stereocenters. The van der Waals surface area contributed by atoms with Crippen LogP contribution in [0.25, 0.3) is 0 Å². The summed E-state index contributed by atoms with van der Waals surface area (Å²) in [5.74, 6) is 0.763. The number of hydrogen-bond donors (Lipinski definition) is 1. The van der Waals surface area contributed by atoms with Gasteiger partial charge in [-0.2, -0.15) is 0 Å². The molecule has 2 amide bonds. The topological polar surface area (TPSA) is 74.4 Å². The Morgan fingerprint density at radius 2 is 1.70 bits per heavy atom. The van der Waals surface area contributed by atoms with Crippen LogP contribution in [0.3, 0.4) is 0 Å². The van der Waals surface area contributed by atoms with Crippen LogP contribution in [0.4, 0.5) is 17.1 Å². The van der Waals surface area contributed by atoms with E-state index >= 15 is 0 Å². The van der Waals surface area contributed by atoms with Crippen LogP contribution in [0.2, 0.25) is 0 Å². The number of nitrogens with zero attached hydrogens (tertiary/aromatic N) is 3. The van der Waals surface area contributed by atoms with Gasteiger partial charge in [0.2, 0.25) is 5.91 Å². The van der Waals surface area contributed by atoms with Gasteiger partial charge in [0, 0.05) is 31.7 Å². The maximum atomic E-state index is 14.0. The minimum absolute atomic E-state index is 0.0963. The minimum atomic E-state index is -0.261. The number of benzene rings is 3. The van der Waals surface area contributed by atoms with Crippen molar-refractivity contribution < 1.29 is 19.1 Å². The number of methoxy groups -OCH3 is 2. The van der Waals surface area contributed by atoms with Gasteiger partial charge in [-0.15, -0.1) is 0 Å². The second kappa shape index (κ2) is 13.1. The first-order chi connectivity index (χ1) is 19.3. The van der Waals surface area contributed by atoms with Crippen molar-refractivity contribution in [2.75, 3.05) is 51.3 Å². The molecule has 0 saturated carbocycles. The van der Waals surface area contributed by atoms with E-state index in [1.165, 1.54) is 13.5 Å². The Morgan fingerprint density at radius 3 is 2.33 bits per heavy atom. The zero-order valence-corrected chi connectivity index (χ0v) is 25.4. The van der Waals surface area contributed by atoms with Crippen molar-refractivity contribution in [1.82, 2.24) is 10.3 Å². The highest BCUT2D eigenvalue weighted by Crippen LogP contribution is 2.40. The Balaban J connectivity index is 1.76. The van der Waals surface area contributed by atoms with Crippen LogP contribution < -0.4 is 24.7 Å².